The molecule has 2 N–H and O–H groups in total. The summed E-state index contributed by atoms with van der Waals surface area (Å²) >= 11 is 0. The zero-order valence-electron chi connectivity index (χ0n) is 12.2. The fraction of sp³-hybridized carbons (Fsp3) is 0.692. The number of carbonyl (C=O) groups excluding carboxylic acids is 1. The molecule has 0 aromatic carbocycles. The Morgan fingerprint density at radius 1 is 1.26 bits per heavy atom. The van der Waals surface area contributed by atoms with E-state index in [-0.39, 0.29) is 11.4 Å². The first-order valence-electron chi connectivity index (χ1n) is 6.63. The van der Waals surface area contributed by atoms with Gasteiger partial charge in [0, 0.05) is 32.2 Å². The molecule has 1 aromatic heterocycles. The van der Waals surface area contributed by atoms with E-state index in [1.54, 1.807) is 10.7 Å². The van der Waals surface area contributed by atoms with E-state index in [2.05, 4.69) is 17.0 Å². The van der Waals surface area contributed by atoms with E-state index in [0.717, 1.165) is 26.2 Å². The van der Waals surface area contributed by atoms with E-state index in [9.17, 15) is 4.79 Å². The second-order valence-electron chi connectivity index (χ2n) is 6.13. The summed E-state index contributed by atoms with van der Waals surface area (Å²) in [6, 6.07) is 1.67. The minimum atomic E-state index is -0.218. The Morgan fingerprint density at radius 3 is 2.32 bits per heavy atom. The molecule has 6 heteroatoms. The molecule has 6 nitrogen and oxygen atoms in total. The third kappa shape index (κ3) is 2.89. The number of piperazine rings is 1. The van der Waals surface area contributed by atoms with Crippen LogP contribution in [0.4, 0.5) is 5.82 Å². The van der Waals surface area contributed by atoms with E-state index in [4.69, 9.17) is 5.73 Å². The van der Waals surface area contributed by atoms with Crippen LogP contribution in [0.2, 0.25) is 0 Å². The van der Waals surface area contributed by atoms with Crippen molar-refractivity contribution in [3.8, 4) is 0 Å². The highest BCUT2D eigenvalue weighted by Crippen LogP contribution is 2.19. The maximum atomic E-state index is 12.4. The minimum Gasteiger partial charge on any atom is -0.384 e. The van der Waals surface area contributed by atoms with E-state index in [0.29, 0.717) is 11.5 Å². The first-order chi connectivity index (χ1) is 8.79. The number of nitrogens with two attached hydrogens (primary N) is 1. The number of hydrogen-bond donors (Lipinski definition) is 1. The second-order valence-corrected chi connectivity index (χ2v) is 6.13. The normalized spacial score (nSPS) is 17.8. The molecule has 1 aliphatic heterocycles. The van der Waals surface area contributed by atoms with Crippen molar-refractivity contribution in [3.63, 3.8) is 0 Å². The van der Waals surface area contributed by atoms with Gasteiger partial charge < -0.3 is 15.5 Å². The number of amides is 1. The Labute approximate surface area is 114 Å². The Morgan fingerprint density at radius 2 is 1.84 bits per heavy atom. The summed E-state index contributed by atoms with van der Waals surface area (Å²) in [6.07, 6.45) is 0. The van der Waals surface area contributed by atoms with Gasteiger partial charge in [0.15, 0.2) is 5.69 Å². The van der Waals surface area contributed by atoms with Gasteiger partial charge in [-0.25, -0.2) is 4.68 Å². The molecule has 1 fully saturated rings. The van der Waals surface area contributed by atoms with Crippen LogP contribution in [0.1, 0.15) is 31.3 Å². The number of rotatable bonds is 1. The van der Waals surface area contributed by atoms with Crippen molar-refractivity contribution in [1.29, 1.82) is 0 Å². The van der Waals surface area contributed by atoms with Crippen molar-refractivity contribution < 1.29 is 4.79 Å². The predicted molar refractivity (Wildman–Crippen MR) is 75.0 cm³/mol. The molecule has 0 spiro atoms. The summed E-state index contributed by atoms with van der Waals surface area (Å²) in [5, 5.41) is 4.36. The number of aromatic nitrogens is 2. The highest BCUT2D eigenvalue weighted by atomic mass is 16.2. The topological polar surface area (TPSA) is 67.4 Å². The lowest BCUT2D eigenvalue weighted by Gasteiger charge is -2.31. The first-order valence-corrected chi connectivity index (χ1v) is 6.63. The highest BCUT2D eigenvalue weighted by molar-refractivity contribution is 5.93. The summed E-state index contributed by atoms with van der Waals surface area (Å²) in [5.41, 5.74) is 6.16. The average Bonchev–Trinajstić information content (AvgIpc) is 2.71. The van der Waals surface area contributed by atoms with Crippen LogP contribution in [0.3, 0.4) is 0 Å². The molecule has 0 saturated carbocycles. The van der Waals surface area contributed by atoms with Gasteiger partial charge in [0.1, 0.15) is 5.82 Å². The van der Waals surface area contributed by atoms with Gasteiger partial charge in [-0.1, -0.05) is 0 Å². The van der Waals surface area contributed by atoms with Crippen molar-refractivity contribution in [3.05, 3.63) is 11.8 Å². The number of nitrogens with zero attached hydrogens (tertiary/aromatic N) is 4. The van der Waals surface area contributed by atoms with Crippen LogP contribution in [0.15, 0.2) is 6.07 Å². The zero-order chi connectivity index (χ0) is 14.2. The van der Waals surface area contributed by atoms with Gasteiger partial charge in [-0.05, 0) is 27.8 Å². The maximum Gasteiger partial charge on any atom is 0.274 e. The van der Waals surface area contributed by atoms with Gasteiger partial charge in [0.2, 0.25) is 0 Å². The van der Waals surface area contributed by atoms with Gasteiger partial charge >= 0.3 is 0 Å². The monoisotopic (exact) mass is 265 g/mol. The number of anilines is 1. The summed E-state index contributed by atoms with van der Waals surface area (Å²) in [4.78, 5) is 16.4. The van der Waals surface area contributed by atoms with Crippen molar-refractivity contribution >= 4 is 11.7 Å². The third-order valence-corrected chi connectivity index (χ3v) is 3.38. The lowest BCUT2D eigenvalue weighted by molar-refractivity contribution is 0.0656. The number of likely N-dealkylation sites (N-methyl/N-ethyl adjacent to an activating group) is 1. The van der Waals surface area contributed by atoms with Crippen LogP contribution in [-0.2, 0) is 5.54 Å². The Bertz CT molecular complexity index is 466. The van der Waals surface area contributed by atoms with Crippen molar-refractivity contribution in [2.24, 2.45) is 0 Å². The van der Waals surface area contributed by atoms with E-state index < -0.39 is 0 Å². The Hall–Kier alpha value is -1.56. The summed E-state index contributed by atoms with van der Waals surface area (Å²) < 4.78 is 1.70. The molecule has 0 unspecified atom stereocenters. The summed E-state index contributed by atoms with van der Waals surface area (Å²) in [7, 11) is 2.06. The fourth-order valence-electron chi connectivity index (χ4n) is 2.21. The van der Waals surface area contributed by atoms with Gasteiger partial charge in [-0.2, -0.15) is 5.10 Å². The van der Waals surface area contributed by atoms with Crippen molar-refractivity contribution in [2.45, 2.75) is 26.3 Å². The standard InChI is InChI=1S/C13H23N5O/c1-13(2,3)18-11(14)9-10(15-18)12(19)17-7-5-16(4)6-8-17/h9H,5-8,14H2,1-4H3. The van der Waals surface area contributed by atoms with E-state index in [1.807, 2.05) is 25.7 Å². The van der Waals surface area contributed by atoms with Crippen LogP contribution in [0.25, 0.3) is 0 Å². The Kier molecular flexibility index (Phi) is 3.54. The van der Waals surface area contributed by atoms with Crippen LogP contribution in [0.5, 0.6) is 0 Å². The van der Waals surface area contributed by atoms with Crippen LogP contribution >= 0.6 is 0 Å². The fourth-order valence-corrected chi connectivity index (χ4v) is 2.21. The van der Waals surface area contributed by atoms with Crippen molar-refractivity contribution in [2.75, 3.05) is 39.0 Å². The highest BCUT2D eigenvalue weighted by Gasteiger charge is 2.25. The summed E-state index contributed by atoms with van der Waals surface area (Å²) in [6.45, 7) is 9.35. The molecule has 1 aliphatic rings. The van der Waals surface area contributed by atoms with Gasteiger partial charge in [0.25, 0.3) is 5.91 Å². The smallest absolute Gasteiger partial charge is 0.274 e. The molecular formula is C13H23N5O. The molecule has 0 aliphatic carbocycles. The largest absolute Gasteiger partial charge is 0.384 e. The molecule has 0 atom stereocenters. The molecular weight excluding hydrogens is 242 g/mol. The van der Waals surface area contributed by atoms with Gasteiger partial charge in [0.05, 0.1) is 5.54 Å². The number of hydrogen-bond acceptors (Lipinski definition) is 4. The molecule has 2 rings (SSSR count). The second kappa shape index (κ2) is 4.85. The molecule has 1 aromatic rings. The zero-order valence-corrected chi connectivity index (χ0v) is 12.2. The molecule has 106 valence electrons. The predicted octanol–water partition coefficient (Wildman–Crippen LogP) is 0.608. The van der Waals surface area contributed by atoms with Crippen LogP contribution in [-0.4, -0.2) is 58.7 Å². The molecule has 1 amide bonds. The molecule has 0 bridgehead atoms. The minimum absolute atomic E-state index is 0.0252. The lowest BCUT2D eigenvalue weighted by atomic mass is 10.1. The molecule has 1 saturated heterocycles. The van der Waals surface area contributed by atoms with E-state index >= 15 is 0 Å². The van der Waals surface area contributed by atoms with Gasteiger partial charge in [-0.15, -0.1) is 0 Å². The van der Waals surface area contributed by atoms with Crippen LogP contribution in [0, 0.1) is 0 Å². The number of nitrogen functional groups attached to an aromatic ring is 1. The number of carbonyl (C=O) groups is 1. The van der Waals surface area contributed by atoms with E-state index in [1.165, 1.54) is 0 Å². The quantitative estimate of drug-likeness (QED) is 0.808. The van der Waals surface area contributed by atoms with Crippen molar-refractivity contribution in [1.82, 2.24) is 19.6 Å². The van der Waals surface area contributed by atoms with Crippen LogP contribution < -0.4 is 5.73 Å². The SMILES string of the molecule is CN1CCN(C(=O)c2cc(N)n(C(C)(C)C)n2)CC1. The molecule has 19 heavy (non-hydrogen) atoms. The molecule has 2 heterocycles. The molecule has 0 radical (unpaired) electrons. The summed E-state index contributed by atoms with van der Waals surface area (Å²) in [5.74, 6) is 0.507. The lowest BCUT2D eigenvalue weighted by Crippen LogP contribution is -2.47. The third-order valence-electron chi connectivity index (χ3n) is 3.38. The first kappa shape index (κ1) is 13.9. The Balaban J connectivity index is 2.16. The van der Waals surface area contributed by atoms with Gasteiger partial charge in [-0.3, -0.25) is 4.79 Å². The maximum absolute atomic E-state index is 12.4. The average molecular weight is 265 g/mol.